The Labute approximate surface area is 90.4 Å². The SMILES string of the molecule is Cc1cccn2cc(CCN(C)C)nc12. The maximum absolute atomic E-state index is 4.62. The monoisotopic (exact) mass is 203 g/mol. The van der Waals surface area contributed by atoms with Crippen LogP contribution in [0.2, 0.25) is 0 Å². The third-order valence-electron chi connectivity index (χ3n) is 2.54. The molecule has 0 aliphatic rings. The lowest BCUT2D eigenvalue weighted by molar-refractivity contribution is 0.412. The van der Waals surface area contributed by atoms with E-state index in [1.54, 1.807) is 0 Å². The topological polar surface area (TPSA) is 20.5 Å². The summed E-state index contributed by atoms with van der Waals surface area (Å²) in [7, 11) is 4.17. The van der Waals surface area contributed by atoms with E-state index in [1.165, 1.54) is 5.56 Å². The number of hydrogen-bond acceptors (Lipinski definition) is 2. The van der Waals surface area contributed by atoms with Crippen molar-refractivity contribution in [3.63, 3.8) is 0 Å². The van der Waals surface area contributed by atoms with Crippen LogP contribution in [0.15, 0.2) is 24.5 Å². The first-order valence-electron chi connectivity index (χ1n) is 5.25. The van der Waals surface area contributed by atoms with Crippen LogP contribution >= 0.6 is 0 Å². The fraction of sp³-hybridized carbons (Fsp3) is 0.417. The molecule has 15 heavy (non-hydrogen) atoms. The van der Waals surface area contributed by atoms with Gasteiger partial charge in [0.2, 0.25) is 0 Å². The van der Waals surface area contributed by atoms with Gasteiger partial charge >= 0.3 is 0 Å². The zero-order valence-electron chi connectivity index (χ0n) is 9.57. The van der Waals surface area contributed by atoms with Crippen LogP contribution in [0.5, 0.6) is 0 Å². The Kier molecular flexibility index (Phi) is 2.73. The first kappa shape index (κ1) is 10.2. The summed E-state index contributed by atoms with van der Waals surface area (Å²) in [5.41, 5.74) is 3.47. The number of aromatic nitrogens is 2. The largest absolute Gasteiger partial charge is 0.309 e. The van der Waals surface area contributed by atoms with Crippen LogP contribution in [0.4, 0.5) is 0 Å². The van der Waals surface area contributed by atoms with Crippen molar-refractivity contribution in [2.75, 3.05) is 20.6 Å². The van der Waals surface area contributed by atoms with Crippen molar-refractivity contribution in [1.82, 2.24) is 14.3 Å². The molecule has 0 saturated heterocycles. The molecular formula is C12H17N3. The van der Waals surface area contributed by atoms with Crippen molar-refractivity contribution < 1.29 is 0 Å². The minimum atomic E-state index is 1.01. The van der Waals surface area contributed by atoms with Gasteiger partial charge in [-0.05, 0) is 32.6 Å². The van der Waals surface area contributed by atoms with Crippen molar-refractivity contribution in [2.24, 2.45) is 0 Å². The van der Waals surface area contributed by atoms with Gasteiger partial charge in [-0.25, -0.2) is 4.98 Å². The second-order valence-electron chi connectivity index (χ2n) is 4.21. The van der Waals surface area contributed by atoms with Crippen LogP contribution in [0, 0.1) is 6.92 Å². The van der Waals surface area contributed by atoms with E-state index in [1.807, 2.05) is 0 Å². The Morgan fingerprint density at radius 3 is 2.87 bits per heavy atom. The Hall–Kier alpha value is -1.35. The lowest BCUT2D eigenvalue weighted by atomic mass is 10.3. The first-order chi connectivity index (χ1) is 7.16. The molecule has 0 radical (unpaired) electrons. The first-order valence-corrected chi connectivity index (χ1v) is 5.25. The van der Waals surface area contributed by atoms with E-state index in [4.69, 9.17) is 0 Å². The molecule has 0 saturated carbocycles. The normalized spacial score (nSPS) is 11.5. The molecule has 2 rings (SSSR count). The Morgan fingerprint density at radius 2 is 2.20 bits per heavy atom. The van der Waals surface area contributed by atoms with Crippen molar-refractivity contribution in [2.45, 2.75) is 13.3 Å². The summed E-state index contributed by atoms with van der Waals surface area (Å²) in [6, 6.07) is 4.15. The Morgan fingerprint density at radius 1 is 1.40 bits per heavy atom. The second-order valence-corrected chi connectivity index (χ2v) is 4.21. The summed E-state index contributed by atoms with van der Waals surface area (Å²) in [4.78, 5) is 6.80. The molecular weight excluding hydrogens is 186 g/mol. The molecule has 0 atom stereocenters. The molecule has 2 aromatic rings. The molecule has 0 aliphatic heterocycles. The average Bonchev–Trinajstić information content (AvgIpc) is 2.59. The van der Waals surface area contributed by atoms with Crippen molar-refractivity contribution in [3.8, 4) is 0 Å². The van der Waals surface area contributed by atoms with Crippen LogP contribution in [0.3, 0.4) is 0 Å². The minimum absolute atomic E-state index is 1.01. The molecule has 0 aromatic carbocycles. The van der Waals surface area contributed by atoms with Crippen LogP contribution in [-0.4, -0.2) is 34.9 Å². The van der Waals surface area contributed by atoms with Crippen LogP contribution in [-0.2, 0) is 6.42 Å². The standard InChI is InChI=1S/C12H17N3/c1-10-5-4-7-15-9-11(13-12(10)15)6-8-14(2)3/h4-5,7,9H,6,8H2,1-3H3. The van der Waals surface area contributed by atoms with Gasteiger partial charge in [-0.15, -0.1) is 0 Å². The fourth-order valence-electron chi connectivity index (χ4n) is 1.66. The summed E-state index contributed by atoms with van der Waals surface area (Å²) in [6.45, 7) is 3.14. The van der Waals surface area contributed by atoms with Crippen molar-refractivity contribution in [1.29, 1.82) is 0 Å². The highest BCUT2D eigenvalue weighted by Crippen LogP contribution is 2.10. The molecule has 0 unspecified atom stereocenters. The lowest BCUT2D eigenvalue weighted by Crippen LogP contribution is -2.15. The number of imidazole rings is 1. The van der Waals surface area contributed by atoms with E-state index in [0.717, 1.165) is 24.3 Å². The summed E-state index contributed by atoms with van der Waals surface area (Å²) in [5.74, 6) is 0. The highest BCUT2D eigenvalue weighted by molar-refractivity contribution is 5.47. The number of hydrogen-bond donors (Lipinski definition) is 0. The number of pyridine rings is 1. The Balaban J connectivity index is 2.27. The van der Waals surface area contributed by atoms with Gasteiger partial charge in [-0.1, -0.05) is 6.07 Å². The molecule has 80 valence electrons. The molecule has 0 fully saturated rings. The van der Waals surface area contributed by atoms with Crippen molar-refractivity contribution >= 4 is 5.65 Å². The van der Waals surface area contributed by atoms with E-state index >= 15 is 0 Å². The number of rotatable bonds is 3. The third kappa shape index (κ3) is 2.18. The van der Waals surface area contributed by atoms with Gasteiger partial charge in [0.25, 0.3) is 0 Å². The van der Waals surface area contributed by atoms with Gasteiger partial charge in [0.1, 0.15) is 5.65 Å². The van der Waals surface area contributed by atoms with Gasteiger partial charge in [-0.2, -0.15) is 0 Å². The predicted molar refractivity (Wildman–Crippen MR) is 62.2 cm³/mol. The average molecular weight is 203 g/mol. The molecule has 3 heteroatoms. The number of likely N-dealkylation sites (N-methyl/N-ethyl adjacent to an activating group) is 1. The van der Waals surface area contributed by atoms with E-state index in [2.05, 4.69) is 59.8 Å². The number of aryl methyl sites for hydroxylation is 1. The van der Waals surface area contributed by atoms with E-state index in [-0.39, 0.29) is 0 Å². The van der Waals surface area contributed by atoms with Gasteiger partial charge in [-0.3, -0.25) is 0 Å². The summed E-state index contributed by atoms with van der Waals surface area (Å²) >= 11 is 0. The van der Waals surface area contributed by atoms with Gasteiger partial charge in [0, 0.05) is 25.4 Å². The van der Waals surface area contributed by atoms with Gasteiger partial charge in [0.05, 0.1) is 5.69 Å². The minimum Gasteiger partial charge on any atom is -0.309 e. The summed E-state index contributed by atoms with van der Waals surface area (Å²) in [6.07, 6.45) is 5.18. The molecule has 3 nitrogen and oxygen atoms in total. The number of nitrogens with zero attached hydrogens (tertiary/aromatic N) is 3. The molecule has 2 heterocycles. The third-order valence-corrected chi connectivity index (χ3v) is 2.54. The van der Waals surface area contributed by atoms with Gasteiger partial charge < -0.3 is 9.30 Å². The van der Waals surface area contributed by atoms with Crippen LogP contribution < -0.4 is 0 Å². The zero-order chi connectivity index (χ0) is 10.8. The summed E-state index contributed by atoms with van der Waals surface area (Å²) in [5, 5.41) is 0. The maximum Gasteiger partial charge on any atom is 0.139 e. The lowest BCUT2D eigenvalue weighted by Gasteiger charge is -2.06. The van der Waals surface area contributed by atoms with E-state index in [9.17, 15) is 0 Å². The Bertz CT molecular complexity index is 457. The quantitative estimate of drug-likeness (QED) is 0.757. The molecule has 0 aliphatic carbocycles. The van der Waals surface area contributed by atoms with E-state index in [0.29, 0.717) is 0 Å². The smallest absolute Gasteiger partial charge is 0.139 e. The maximum atomic E-state index is 4.62. The molecule has 2 aromatic heterocycles. The van der Waals surface area contributed by atoms with Crippen molar-refractivity contribution in [3.05, 3.63) is 35.8 Å². The summed E-state index contributed by atoms with van der Waals surface area (Å²) < 4.78 is 2.10. The predicted octanol–water partition coefficient (Wildman–Crippen LogP) is 1.75. The van der Waals surface area contributed by atoms with Crippen LogP contribution in [0.25, 0.3) is 5.65 Å². The fourth-order valence-corrected chi connectivity index (χ4v) is 1.66. The molecule has 0 amide bonds. The highest BCUT2D eigenvalue weighted by atomic mass is 15.1. The highest BCUT2D eigenvalue weighted by Gasteiger charge is 2.03. The van der Waals surface area contributed by atoms with E-state index < -0.39 is 0 Å². The zero-order valence-corrected chi connectivity index (χ0v) is 9.57. The molecule has 0 N–H and O–H groups in total. The molecule has 0 spiro atoms. The second kappa shape index (κ2) is 4.03. The van der Waals surface area contributed by atoms with Gasteiger partial charge in [0.15, 0.2) is 0 Å². The number of fused-ring (bicyclic) bond motifs is 1. The van der Waals surface area contributed by atoms with Crippen LogP contribution in [0.1, 0.15) is 11.3 Å². The molecule has 0 bridgehead atoms.